The lowest BCUT2D eigenvalue weighted by molar-refractivity contribution is 0.0692. The molecule has 0 radical (unpaired) electrons. The molecule has 0 unspecified atom stereocenters. The first-order valence-corrected chi connectivity index (χ1v) is 4.52. The van der Waals surface area contributed by atoms with Gasteiger partial charge in [-0.25, -0.2) is 9.18 Å². The molecule has 0 bridgehead atoms. The Morgan fingerprint density at radius 2 is 1.93 bits per heavy atom. The van der Waals surface area contributed by atoms with Crippen LogP contribution in [0.15, 0.2) is 30.3 Å². The lowest BCUT2D eigenvalue weighted by Crippen LogP contribution is -2.00. The second-order valence-electron chi connectivity index (χ2n) is 3.46. The van der Waals surface area contributed by atoms with Gasteiger partial charge in [0.15, 0.2) is 0 Å². The Balaban J connectivity index is 2.82. The second-order valence-corrected chi connectivity index (χ2v) is 3.46. The third kappa shape index (κ3) is 1.56. The molecule has 15 heavy (non-hydrogen) atoms. The van der Waals surface area contributed by atoms with E-state index < -0.39 is 11.8 Å². The van der Waals surface area contributed by atoms with Crippen molar-refractivity contribution >= 4 is 16.7 Å². The van der Waals surface area contributed by atoms with Gasteiger partial charge in [-0.15, -0.1) is 0 Å². The molecule has 0 aromatic heterocycles. The zero-order valence-corrected chi connectivity index (χ0v) is 8.12. The summed E-state index contributed by atoms with van der Waals surface area (Å²) in [6.07, 6.45) is 0. The van der Waals surface area contributed by atoms with Crippen LogP contribution in [0.2, 0.25) is 0 Å². The highest BCUT2D eigenvalue weighted by atomic mass is 19.1. The molecule has 3 heteroatoms. The van der Waals surface area contributed by atoms with Gasteiger partial charge in [-0.3, -0.25) is 0 Å². The number of carboxylic acid groups (broad SMARTS) is 1. The summed E-state index contributed by atoms with van der Waals surface area (Å²) < 4.78 is 13.7. The topological polar surface area (TPSA) is 37.3 Å². The standard InChI is InChI=1S/C12H9FO2/c1-7-2-3-8-4-5-9(12(14)15)11(13)10(8)6-7/h2-6H,1H3,(H,14,15). The number of benzene rings is 2. The van der Waals surface area contributed by atoms with Gasteiger partial charge in [0.05, 0.1) is 5.56 Å². The van der Waals surface area contributed by atoms with Gasteiger partial charge in [0, 0.05) is 5.39 Å². The minimum absolute atomic E-state index is 0.284. The van der Waals surface area contributed by atoms with Crippen molar-refractivity contribution in [3.8, 4) is 0 Å². The molecule has 0 heterocycles. The van der Waals surface area contributed by atoms with Crippen LogP contribution in [0.5, 0.6) is 0 Å². The summed E-state index contributed by atoms with van der Waals surface area (Å²) in [6.45, 7) is 1.84. The highest BCUT2D eigenvalue weighted by Crippen LogP contribution is 2.22. The Morgan fingerprint density at radius 1 is 1.27 bits per heavy atom. The molecule has 0 fully saturated rings. The van der Waals surface area contributed by atoms with Crippen molar-refractivity contribution < 1.29 is 14.3 Å². The molecule has 2 aromatic rings. The van der Waals surface area contributed by atoms with Crippen molar-refractivity contribution in [2.24, 2.45) is 0 Å². The van der Waals surface area contributed by atoms with Crippen LogP contribution in [0, 0.1) is 12.7 Å². The number of carboxylic acids is 1. The summed E-state index contributed by atoms with van der Waals surface area (Å²) in [5.74, 6) is -1.90. The smallest absolute Gasteiger partial charge is 0.338 e. The summed E-state index contributed by atoms with van der Waals surface area (Å²) in [5.41, 5.74) is 0.622. The van der Waals surface area contributed by atoms with E-state index in [0.29, 0.717) is 10.8 Å². The van der Waals surface area contributed by atoms with E-state index in [-0.39, 0.29) is 5.56 Å². The second kappa shape index (κ2) is 3.35. The maximum Gasteiger partial charge on any atom is 0.338 e. The van der Waals surface area contributed by atoms with Crippen LogP contribution in [0.4, 0.5) is 4.39 Å². The number of halogens is 1. The zero-order valence-electron chi connectivity index (χ0n) is 8.12. The third-order valence-electron chi connectivity index (χ3n) is 2.34. The van der Waals surface area contributed by atoms with Gasteiger partial charge < -0.3 is 5.11 Å². The van der Waals surface area contributed by atoms with E-state index in [4.69, 9.17) is 5.11 Å². The number of aromatic carboxylic acids is 1. The van der Waals surface area contributed by atoms with Crippen molar-refractivity contribution in [3.05, 3.63) is 47.3 Å². The van der Waals surface area contributed by atoms with Gasteiger partial charge >= 0.3 is 5.97 Å². The van der Waals surface area contributed by atoms with Gasteiger partial charge in [0.25, 0.3) is 0 Å². The quantitative estimate of drug-likeness (QED) is 0.775. The number of fused-ring (bicyclic) bond motifs is 1. The van der Waals surface area contributed by atoms with Crippen molar-refractivity contribution in [3.63, 3.8) is 0 Å². The molecule has 0 aliphatic rings. The van der Waals surface area contributed by atoms with Gasteiger partial charge in [0.1, 0.15) is 5.82 Å². The summed E-state index contributed by atoms with van der Waals surface area (Å²) in [6, 6.07) is 8.19. The summed E-state index contributed by atoms with van der Waals surface area (Å²) in [5, 5.41) is 9.82. The fraction of sp³-hybridized carbons (Fsp3) is 0.0833. The predicted octanol–water partition coefficient (Wildman–Crippen LogP) is 2.99. The minimum Gasteiger partial charge on any atom is -0.478 e. The maximum absolute atomic E-state index is 13.7. The number of hydrogen-bond acceptors (Lipinski definition) is 1. The summed E-state index contributed by atoms with van der Waals surface area (Å²) >= 11 is 0. The Bertz CT molecular complexity index is 547. The van der Waals surface area contributed by atoms with Crippen LogP contribution in [0.3, 0.4) is 0 Å². The fourth-order valence-corrected chi connectivity index (χ4v) is 1.56. The molecule has 2 aromatic carbocycles. The van der Waals surface area contributed by atoms with E-state index in [1.54, 1.807) is 18.2 Å². The van der Waals surface area contributed by atoms with Crippen molar-refractivity contribution in [1.82, 2.24) is 0 Å². The highest BCUT2D eigenvalue weighted by Gasteiger charge is 2.12. The molecule has 0 aliphatic carbocycles. The van der Waals surface area contributed by atoms with Crippen molar-refractivity contribution in [1.29, 1.82) is 0 Å². The summed E-state index contributed by atoms with van der Waals surface area (Å²) in [7, 11) is 0. The van der Waals surface area contributed by atoms with Crippen molar-refractivity contribution in [2.75, 3.05) is 0 Å². The average Bonchev–Trinajstić information content (AvgIpc) is 2.19. The molecule has 2 rings (SSSR count). The minimum atomic E-state index is -1.24. The van der Waals surface area contributed by atoms with Crippen LogP contribution < -0.4 is 0 Å². The first kappa shape index (κ1) is 9.65. The molecule has 76 valence electrons. The van der Waals surface area contributed by atoms with Gasteiger partial charge in [-0.1, -0.05) is 23.8 Å². The number of aryl methyl sites for hydroxylation is 1. The van der Waals surface area contributed by atoms with Gasteiger partial charge in [-0.2, -0.15) is 0 Å². The molecule has 0 atom stereocenters. The maximum atomic E-state index is 13.7. The van der Waals surface area contributed by atoms with E-state index >= 15 is 0 Å². The monoisotopic (exact) mass is 204 g/mol. The number of carbonyl (C=O) groups is 1. The van der Waals surface area contributed by atoms with E-state index in [9.17, 15) is 9.18 Å². The number of rotatable bonds is 1. The first-order valence-electron chi connectivity index (χ1n) is 4.52. The largest absolute Gasteiger partial charge is 0.478 e. The average molecular weight is 204 g/mol. The van der Waals surface area contributed by atoms with E-state index in [1.165, 1.54) is 6.07 Å². The zero-order chi connectivity index (χ0) is 11.0. The Labute approximate surface area is 86.0 Å². The third-order valence-corrected chi connectivity index (χ3v) is 2.34. The first-order chi connectivity index (χ1) is 7.09. The Morgan fingerprint density at radius 3 is 2.60 bits per heavy atom. The molecule has 0 amide bonds. The highest BCUT2D eigenvalue weighted by molar-refractivity contribution is 5.95. The molecule has 2 nitrogen and oxygen atoms in total. The fourth-order valence-electron chi connectivity index (χ4n) is 1.56. The SMILES string of the molecule is Cc1ccc2ccc(C(=O)O)c(F)c2c1. The van der Waals surface area contributed by atoms with Crippen LogP contribution in [0.25, 0.3) is 10.8 Å². The normalized spacial score (nSPS) is 10.5. The lowest BCUT2D eigenvalue weighted by atomic mass is 10.0. The molecular weight excluding hydrogens is 195 g/mol. The van der Waals surface area contributed by atoms with Crippen LogP contribution in [-0.4, -0.2) is 11.1 Å². The molecule has 0 spiro atoms. The van der Waals surface area contributed by atoms with Crippen molar-refractivity contribution in [2.45, 2.75) is 6.92 Å². The van der Waals surface area contributed by atoms with E-state index in [1.807, 2.05) is 13.0 Å². The molecule has 0 saturated carbocycles. The Hall–Kier alpha value is -1.90. The molecule has 1 N–H and O–H groups in total. The lowest BCUT2D eigenvalue weighted by Gasteiger charge is -2.03. The van der Waals surface area contributed by atoms with E-state index in [2.05, 4.69) is 0 Å². The molecule has 0 saturated heterocycles. The van der Waals surface area contributed by atoms with Crippen LogP contribution >= 0.6 is 0 Å². The van der Waals surface area contributed by atoms with Gasteiger partial charge in [0.2, 0.25) is 0 Å². The predicted molar refractivity (Wildman–Crippen MR) is 55.6 cm³/mol. The van der Waals surface area contributed by atoms with Gasteiger partial charge in [-0.05, 0) is 24.4 Å². The number of hydrogen-bond donors (Lipinski definition) is 1. The molecular formula is C12H9FO2. The summed E-state index contributed by atoms with van der Waals surface area (Å²) in [4.78, 5) is 10.7. The van der Waals surface area contributed by atoms with E-state index in [0.717, 1.165) is 5.56 Å². The Kier molecular flexibility index (Phi) is 2.15. The molecule has 0 aliphatic heterocycles. The van der Waals surface area contributed by atoms with Crippen LogP contribution in [0.1, 0.15) is 15.9 Å². The van der Waals surface area contributed by atoms with Crippen LogP contribution in [-0.2, 0) is 0 Å².